The first-order valence-electron chi connectivity index (χ1n) is 8.15. The molecule has 5 nitrogen and oxygen atoms in total. The lowest BCUT2D eigenvalue weighted by Gasteiger charge is -2.22. The molecular formula is C19H21ClN4O. The fourth-order valence-corrected chi connectivity index (χ4v) is 2.90. The number of nitrogens with one attached hydrogen (secondary N) is 2. The fourth-order valence-electron chi connectivity index (χ4n) is 2.78. The molecule has 0 saturated heterocycles. The Balaban J connectivity index is 1.67. The van der Waals surface area contributed by atoms with E-state index in [1.165, 1.54) is 5.56 Å². The molecule has 0 spiro atoms. The average Bonchev–Trinajstić information content (AvgIpc) is 2.63. The Labute approximate surface area is 152 Å². The molecule has 6 heteroatoms. The SMILES string of the molecule is NC1=NC(c2ccccc2CO)C=C(NCCc2ccc(Cl)cc2)N1. The molecule has 1 unspecified atom stereocenters. The minimum absolute atomic E-state index is 0.0251. The predicted octanol–water partition coefficient (Wildman–Crippen LogP) is 2.46. The number of rotatable bonds is 6. The van der Waals surface area contributed by atoms with Crippen molar-refractivity contribution in [2.45, 2.75) is 19.1 Å². The maximum Gasteiger partial charge on any atom is 0.195 e. The van der Waals surface area contributed by atoms with Gasteiger partial charge in [-0.15, -0.1) is 0 Å². The highest BCUT2D eigenvalue weighted by Crippen LogP contribution is 2.25. The molecule has 1 heterocycles. The first kappa shape index (κ1) is 17.3. The number of guanidine groups is 1. The van der Waals surface area contributed by atoms with Gasteiger partial charge in [-0.3, -0.25) is 0 Å². The van der Waals surface area contributed by atoms with Gasteiger partial charge in [0.15, 0.2) is 5.96 Å². The monoisotopic (exact) mass is 356 g/mol. The second-order valence-electron chi connectivity index (χ2n) is 5.82. The van der Waals surface area contributed by atoms with Crippen molar-refractivity contribution >= 4 is 17.6 Å². The van der Waals surface area contributed by atoms with Gasteiger partial charge in [0, 0.05) is 11.6 Å². The average molecular weight is 357 g/mol. The summed E-state index contributed by atoms with van der Waals surface area (Å²) in [5, 5.41) is 16.7. The fraction of sp³-hybridized carbons (Fsp3) is 0.211. The number of aliphatic imine (C=N–C) groups is 1. The summed E-state index contributed by atoms with van der Waals surface area (Å²) in [7, 11) is 0. The first-order valence-corrected chi connectivity index (χ1v) is 8.52. The largest absolute Gasteiger partial charge is 0.392 e. The van der Waals surface area contributed by atoms with Crippen LogP contribution in [0, 0.1) is 0 Å². The summed E-state index contributed by atoms with van der Waals surface area (Å²) in [6, 6.07) is 15.3. The van der Waals surface area contributed by atoms with Gasteiger partial charge in [0.05, 0.1) is 6.61 Å². The predicted molar refractivity (Wildman–Crippen MR) is 101 cm³/mol. The van der Waals surface area contributed by atoms with Gasteiger partial charge in [0.2, 0.25) is 0 Å². The van der Waals surface area contributed by atoms with Crippen molar-refractivity contribution in [1.29, 1.82) is 0 Å². The van der Waals surface area contributed by atoms with E-state index in [2.05, 4.69) is 15.6 Å². The number of hydrogen-bond donors (Lipinski definition) is 4. The van der Waals surface area contributed by atoms with Crippen molar-refractivity contribution in [3.8, 4) is 0 Å². The Hall–Kier alpha value is -2.50. The second-order valence-corrected chi connectivity index (χ2v) is 6.26. The van der Waals surface area contributed by atoms with E-state index >= 15 is 0 Å². The van der Waals surface area contributed by atoms with Crippen molar-refractivity contribution in [1.82, 2.24) is 10.6 Å². The van der Waals surface area contributed by atoms with Crippen LogP contribution in [0.25, 0.3) is 0 Å². The molecule has 3 rings (SSSR count). The van der Waals surface area contributed by atoms with E-state index < -0.39 is 0 Å². The molecular weight excluding hydrogens is 336 g/mol. The Kier molecular flexibility index (Phi) is 5.58. The van der Waals surface area contributed by atoms with Crippen LogP contribution in [0.15, 0.2) is 65.4 Å². The smallest absolute Gasteiger partial charge is 0.195 e. The van der Waals surface area contributed by atoms with E-state index in [1.54, 1.807) is 0 Å². The summed E-state index contributed by atoms with van der Waals surface area (Å²) in [4.78, 5) is 4.43. The highest BCUT2D eigenvalue weighted by molar-refractivity contribution is 6.30. The van der Waals surface area contributed by atoms with Gasteiger partial charge >= 0.3 is 0 Å². The van der Waals surface area contributed by atoms with Crippen molar-refractivity contribution in [3.63, 3.8) is 0 Å². The second kappa shape index (κ2) is 8.05. The summed E-state index contributed by atoms with van der Waals surface area (Å²) < 4.78 is 0. The Morgan fingerprint density at radius 1 is 1.16 bits per heavy atom. The Bertz CT molecular complexity index is 786. The van der Waals surface area contributed by atoms with E-state index in [4.69, 9.17) is 17.3 Å². The van der Waals surface area contributed by atoms with Crippen LogP contribution < -0.4 is 16.4 Å². The zero-order valence-electron chi connectivity index (χ0n) is 13.7. The number of nitrogens with two attached hydrogens (primary N) is 1. The van der Waals surface area contributed by atoms with E-state index in [1.807, 2.05) is 54.6 Å². The molecule has 0 aliphatic carbocycles. The third-order valence-corrected chi connectivity index (χ3v) is 4.30. The number of aliphatic hydroxyl groups is 1. The Morgan fingerprint density at radius 3 is 2.68 bits per heavy atom. The number of hydrogen-bond acceptors (Lipinski definition) is 5. The van der Waals surface area contributed by atoms with E-state index in [0.29, 0.717) is 5.96 Å². The normalized spacial score (nSPS) is 16.6. The lowest BCUT2D eigenvalue weighted by molar-refractivity contribution is 0.280. The first-order chi connectivity index (χ1) is 12.2. The molecule has 2 aromatic rings. The molecule has 0 aromatic heterocycles. The van der Waals surface area contributed by atoms with Crippen LogP contribution in [0.1, 0.15) is 22.7 Å². The van der Waals surface area contributed by atoms with Crippen molar-refractivity contribution < 1.29 is 5.11 Å². The molecule has 1 atom stereocenters. The van der Waals surface area contributed by atoms with Crippen LogP contribution in [-0.2, 0) is 13.0 Å². The molecule has 25 heavy (non-hydrogen) atoms. The molecule has 0 bridgehead atoms. The molecule has 0 amide bonds. The van der Waals surface area contributed by atoms with E-state index in [0.717, 1.165) is 34.9 Å². The molecule has 1 aliphatic heterocycles. The summed E-state index contributed by atoms with van der Waals surface area (Å²) in [5.41, 5.74) is 8.93. The van der Waals surface area contributed by atoms with Gasteiger partial charge in [-0.05, 0) is 41.3 Å². The quantitative estimate of drug-likeness (QED) is 0.640. The molecule has 0 fully saturated rings. The zero-order chi connectivity index (χ0) is 17.6. The molecule has 130 valence electrons. The highest BCUT2D eigenvalue weighted by atomic mass is 35.5. The van der Waals surface area contributed by atoms with Crippen molar-refractivity contribution in [3.05, 3.63) is 82.1 Å². The number of halogens is 1. The summed E-state index contributed by atoms with van der Waals surface area (Å²) in [5.74, 6) is 1.17. The van der Waals surface area contributed by atoms with Gasteiger partial charge in [0.1, 0.15) is 11.9 Å². The lowest BCUT2D eigenvalue weighted by atomic mass is 10.0. The minimum atomic E-state index is -0.220. The van der Waals surface area contributed by atoms with Crippen LogP contribution in [0.4, 0.5) is 0 Å². The molecule has 5 N–H and O–H groups in total. The number of nitrogens with zero attached hydrogens (tertiary/aromatic N) is 1. The van der Waals surface area contributed by atoms with Crippen LogP contribution in [0.3, 0.4) is 0 Å². The van der Waals surface area contributed by atoms with E-state index in [-0.39, 0.29) is 12.6 Å². The van der Waals surface area contributed by atoms with Gasteiger partial charge < -0.3 is 21.5 Å². The van der Waals surface area contributed by atoms with Crippen molar-refractivity contribution in [2.75, 3.05) is 6.54 Å². The molecule has 2 aromatic carbocycles. The van der Waals surface area contributed by atoms with Gasteiger partial charge in [-0.25, -0.2) is 4.99 Å². The standard InChI is InChI=1S/C19H21ClN4O/c20-15-7-5-13(6-8-15)9-10-22-18-11-17(23-19(21)24-18)16-4-2-1-3-14(16)12-25/h1-8,11,17,22,25H,9-10,12H2,(H3,21,23,24). The maximum absolute atomic E-state index is 9.53. The van der Waals surface area contributed by atoms with Crippen LogP contribution in [0.5, 0.6) is 0 Å². The zero-order valence-corrected chi connectivity index (χ0v) is 14.5. The number of aliphatic hydroxyl groups excluding tert-OH is 1. The summed E-state index contributed by atoms with van der Waals surface area (Å²) >= 11 is 5.90. The summed E-state index contributed by atoms with van der Waals surface area (Å²) in [6.45, 7) is 0.727. The van der Waals surface area contributed by atoms with Crippen LogP contribution >= 0.6 is 11.6 Å². The number of benzene rings is 2. The van der Waals surface area contributed by atoms with Gasteiger partial charge in [0.25, 0.3) is 0 Å². The lowest BCUT2D eigenvalue weighted by Crippen LogP contribution is -2.40. The molecule has 1 aliphatic rings. The van der Waals surface area contributed by atoms with Crippen molar-refractivity contribution in [2.24, 2.45) is 10.7 Å². The highest BCUT2D eigenvalue weighted by Gasteiger charge is 2.17. The van der Waals surface area contributed by atoms with Gasteiger partial charge in [-0.2, -0.15) is 0 Å². The third kappa shape index (κ3) is 4.53. The Morgan fingerprint density at radius 2 is 1.92 bits per heavy atom. The molecule has 0 saturated carbocycles. The maximum atomic E-state index is 9.53. The van der Waals surface area contributed by atoms with Crippen LogP contribution in [-0.4, -0.2) is 17.6 Å². The topological polar surface area (TPSA) is 82.7 Å². The minimum Gasteiger partial charge on any atom is -0.392 e. The van der Waals surface area contributed by atoms with Gasteiger partial charge in [-0.1, -0.05) is 48.0 Å². The van der Waals surface area contributed by atoms with Crippen LogP contribution in [0.2, 0.25) is 5.02 Å². The third-order valence-electron chi connectivity index (χ3n) is 4.05. The van der Waals surface area contributed by atoms with E-state index in [9.17, 15) is 5.11 Å². The molecule has 0 radical (unpaired) electrons. The summed E-state index contributed by atoms with van der Waals surface area (Å²) in [6.07, 6.45) is 2.85.